The molecule has 88 valence electrons. The maximum Gasteiger partial charge on any atom is 0.188 e. The Kier molecular flexibility index (Phi) is 5.66. The van der Waals surface area contributed by atoms with Crippen LogP contribution in [0.5, 0.6) is 5.75 Å². The minimum Gasteiger partial charge on any atom is -0.466 e. The second-order valence-electron chi connectivity index (χ2n) is 3.21. The molecule has 0 fully saturated rings. The van der Waals surface area contributed by atoms with Crippen molar-refractivity contribution in [2.75, 3.05) is 13.9 Å². The van der Waals surface area contributed by atoms with Crippen molar-refractivity contribution in [2.45, 2.75) is 12.8 Å². The van der Waals surface area contributed by atoms with Crippen LogP contribution in [0.2, 0.25) is 5.02 Å². The highest BCUT2D eigenvalue weighted by molar-refractivity contribution is 7.96. The standard InChI is InChI=1S/C11H13ClO3S/c1-14-7-15-10-6-8(2-4-9(10)12)3-5-11(13)16/h2,4,6H,3,5,7H2,1H3,(H,13,16). The molecule has 1 aromatic carbocycles. The van der Waals surface area contributed by atoms with E-state index < -0.39 is 0 Å². The molecule has 0 N–H and O–H groups in total. The molecule has 1 aromatic rings. The van der Waals surface area contributed by atoms with Crippen molar-refractivity contribution in [1.82, 2.24) is 0 Å². The first-order valence-corrected chi connectivity index (χ1v) is 5.58. The van der Waals surface area contributed by atoms with Gasteiger partial charge in [-0.05, 0) is 24.1 Å². The molecule has 0 aliphatic heterocycles. The van der Waals surface area contributed by atoms with Crippen LogP contribution in [0.1, 0.15) is 12.0 Å². The van der Waals surface area contributed by atoms with Gasteiger partial charge in [-0.3, -0.25) is 4.79 Å². The number of ether oxygens (including phenoxy) is 2. The molecule has 5 heteroatoms. The van der Waals surface area contributed by atoms with Crippen LogP contribution < -0.4 is 4.74 Å². The number of methoxy groups -OCH3 is 1. The number of aryl methyl sites for hydroxylation is 1. The van der Waals surface area contributed by atoms with Gasteiger partial charge in [0.05, 0.1) is 5.02 Å². The molecule has 16 heavy (non-hydrogen) atoms. The van der Waals surface area contributed by atoms with Gasteiger partial charge in [-0.2, -0.15) is 0 Å². The summed E-state index contributed by atoms with van der Waals surface area (Å²) in [6.45, 7) is 0.147. The molecule has 0 amide bonds. The molecular weight excluding hydrogens is 248 g/mol. The molecule has 0 aliphatic rings. The summed E-state index contributed by atoms with van der Waals surface area (Å²) in [6.07, 6.45) is 1.03. The van der Waals surface area contributed by atoms with Crippen LogP contribution in [0.25, 0.3) is 0 Å². The first-order chi connectivity index (χ1) is 7.63. The van der Waals surface area contributed by atoms with Gasteiger partial charge in [0.2, 0.25) is 0 Å². The Balaban J connectivity index is 2.68. The molecule has 0 heterocycles. The second kappa shape index (κ2) is 6.78. The number of carbonyl (C=O) groups is 1. The van der Waals surface area contributed by atoms with Crippen molar-refractivity contribution in [3.8, 4) is 5.75 Å². The monoisotopic (exact) mass is 260 g/mol. The van der Waals surface area contributed by atoms with E-state index in [1.165, 1.54) is 7.11 Å². The van der Waals surface area contributed by atoms with Gasteiger partial charge in [0, 0.05) is 13.5 Å². The van der Waals surface area contributed by atoms with Crippen molar-refractivity contribution in [3.05, 3.63) is 28.8 Å². The van der Waals surface area contributed by atoms with Crippen LogP contribution >= 0.6 is 24.2 Å². The molecule has 0 unspecified atom stereocenters. The quantitative estimate of drug-likeness (QED) is 0.631. The van der Waals surface area contributed by atoms with E-state index in [-0.39, 0.29) is 11.9 Å². The molecule has 0 saturated heterocycles. The topological polar surface area (TPSA) is 35.5 Å². The Morgan fingerprint density at radius 1 is 1.50 bits per heavy atom. The maximum atomic E-state index is 10.7. The number of thiol groups is 1. The van der Waals surface area contributed by atoms with Crippen molar-refractivity contribution in [2.24, 2.45) is 0 Å². The number of hydrogen-bond acceptors (Lipinski definition) is 3. The lowest BCUT2D eigenvalue weighted by Crippen LogP contribution is -2.00. The molecule has 0 bridgehead atoms. The van der Waals surface area contributed by atoms with Crippen molar-refractivity contribution in [1.29, 1.82) is 0 Å². The van der Waals surface area contributed by atoms with Crippen LogP contribution in [-0.2, 0) is 16.0 Å². The van der Waals surface area contributed by atoms with Gasteiger partial charge in [-0.15, -0.1) is 12.6 Å². The van der Waals surface area contributed by atoms with E-state index in [0.717, 1.165) is 5.56 Å². The van der Waals surface area contributed by atoms with Crippen molar-refractivity contribution < 1.29 is 14.3 Å². The summed E-state index contributed by atoms with van der Waals surface area (Å²) >= 11 is 9.65. The first-order valence-electron chi connectivity index (χ1n) is 4.75. The van der Waals surface area contributed by atoms with Crippen LogP contribution in [0.15, 0.2) is 18.2 Å². The van der Waals surface area contributed by atoms with Gasteiger partial charge >= 0.3 is 0 Å². The van der Waals surface area contributed by atoms with Gasteiger partial charge in [0.1, 0.15) is 5.75 Å². The second-order valence-corrected chi connectivity index (χ2v) is 4.12. The van der Waals surface area contributed by atoms with Crippen molar-refractivity contribution >= 4 is 29.3 Å². The Morgan fingerprint density at radius 2 is 2.25 bits per heavy atom. The molecular formula is C11H13ClO3S. The zero-order chi connectivity index (χ0) is 12.0. The van der Waals surface area contributed by atoms with Crippen molar-refractivity contribution in [3.63, 3.8) is 0 Å². The highest BCUT2D eigenvalue weighted by Crippen LogP contribution is 2.26. The molecule has 0 radical (unpaired) electrons. The number of carbonyl (C=O) groups excluding carboxylic acids is 1. The smallest absolute Gasteiger partial charge is 0.188 e. The van der Waals surface area contributed by atoms with E-state index in [1.807, 2.05) is 6.07 Å². The Bertz CT molecular complexity index is 368. The van der Waals surface area contributed by atoms with E-state index >= 15 is 0 Å². The molecule has 1 rings (SSSR count). The lowest BCUT2D eigenvalue weighted by atomic mass is 10.1. The molecule has 0 aromatic heterocycles. The van der Waals surface area contributed by atoms with Gasteiger partial charge in [-0.1, -0.05) is 17.7 Å². The minimum atomic E-state index is -0.130. The van der Waals surface area contributed by atoms with Crippen LogP contribution in [-0.4, -0.2) is 19.0 Å². The van der Waals surface area contributed by atoms with E-state index in [0.29, 0.717) is 23.6 Å². The minimum absolute atomic E-state index is 0.130. The number of halogens is 1. The van der Waals surface area contributed by atoms with Crippen LogP contribution in [0.4, 0.5) is 0 Å². The normalized spacial score (nSPS) is 10.2. The Hall–Kier alpha value is -0.710. The fraction of sp³-hybridized carbons (Fsp3) is 0.364. The molecule has 0 spiro atoms. The predicted molar refractivity (Wildman–Crippen MR) is 66.3 cm³/mol. The van der Waals surface area contributed by atoms with Gasteiger partial charge < -0.3 is 9.47 Å². The highest BCUT2D eigenvalue weighted by atomic mass is 35.5. The fourth-order valence-corrected chi connectivity index (χ4v) is 1.47. The summed E-state index contributed by atoms with van der Waals surface area (Å²) in [5, 5.41) is 0.396. The third kappa shape index (κ3) is 4.43. The third-order valence-electron chi connectivity index (χ3n) is 1.96. The van der Waals surface area contributed by atoms with Crippen LogP contribution in [0, 0.1) is 0 Å². The third-order valence-corrected chi connectivity index (χ3v) is 2.49. The highest BCUT2D eigenvalue weighted by Gasteiger charge is 2.04. The molecule has 3 nitrogen and oxygen atoms in total. The van der Waals surface area contributed by atoms with E-state index in [1.54, 1.807) is 12.1 Å². The molecule has 0 aliphatic carbocycles. The summed E-state index contributed by atoms with van der Waals surface area (Å²) in [6, 6.07) is 5.40. The zero-order valence-electron chi connectivity index (χ0n) is 8.90. The largest absolute Gasteiger partial charge is 0.466 e. The van der Waals surface area contributed by atoms with Gasteiger partial charge in [0.25, 0.3) is 0 Å². The summed E-state index contributed by atoms with van der Waals surface area (Å²) < 4.78 is 10.1. The summed E-state index contributed by atoms with van der Waals surface area (Å²) in [5.41, 5.74) is 0.984. The Morgan fingerprint density at radius 3 is 2.88 bits per heavy atom. The van der Waals surface area contributed by atoms with E-state index in [9.17, 15) is 4.79 Å². The van der Waals surface area contributed by atoms with Gasteiger partial charge in [-0.25, -0.2) is 0 Å². The summed E-state index contributed by atoms with van der Waals surface area (Å²) in [5.74, 6) is 0.563. The average molecular weight is 261 g/mol. The molecule has 0 saturated carbocycles. The molecule has 0 atom stereocenters. The van der Waals surface area contributed by atoms with Crippen LogP contribution in [0.3, 0.4) is 0 Å². The number of rotatable bonds is 6. The Labute approximate surface area is 105 Å². The van der Waals surface area contributed by atoms with Gasteiger partial charge in [0.15, 0.2) is 11.9 Å². The summed E-state index contributed by atoms with van der Waals surface area (Å²) in [7, 11) is 1.54. The predicted octanol–water partition coefficient (Wildman–Crippen LogP) is 2.71. The number of benzene rings is 1. The summed E-state index contributed by atoms with van der Waals surface area (Å²) in [4.78, 5) is 10.7. The lowest BCUT2D eigenvalue weighted by molar-refractivity contribution is -0.110. The lowest BCUT2D eigenvalue weighted by Gasteiger charge is -2.08. The first kappa shape index (κ1) is 13.4. The number of hydrogen-bond donors (Lipinski definition) is 1. The SMILES string of the molecule is COCOc1cc(CCC(=O)S)ccc1Cl. The zero-order valence-corrected chi connectivity index (χ0v) is 10.6. The van der Waals surface area contributed by atoms with E-state index in [4.69, 9.17) is 21.1 Å². The van der Waals surface area contributed by atoms with E-state index in [2.05, 4.69) is 12.6 Å². The maximum absolute atomic E-state index is 10.7. The average Bonchev–Trinajstić information content (AvgIpc) is 2.26. The fourth-order valence-electron chi connectivity index (χ4n) is 1.19.